The van der Waals surface area contributed by atoms with E-state index in [1.807, 2.05) is 31.2 Å². The summed E-state index contributed by atoms with van der Waals surface area (Å²) in [5, 5.41) is 3.64. The minimum Gasteiger partial charge on any atom is -0.352 e. The number of hydrogen-bond donors (Lipinski definition) is 2. The highest BCUT2D eigenvalue weighted by molar-refractivity contribution is 6.31. The van der Waals surface area contributed by atoms with Crippen molar-refractivity contribution < 1.29 is 4.79 Å². The number of carbonyl (C=O) groups excluding carboxylic acids is 1. The van der Waals surface area contributed by atoms with Crippen LogP contribution in [-0.4, -0.2) is 11.4 Å². The molecule has 0 radical (unpaired) electrons. The van der Waals surface area contributed by atoms with Crippen LogP contribution in [0, 0.1) is 5.92 Å². The van der Waals surface area contributed by atoms with Crippen molar-refractivity contribution in [1.29, 1.82) is 0 Å². The van der Waals surface area contributed by atoms with Gasteiger partial charge in [-0.15, -0.1) is 12.4 Å². The molecular formula is C15H22Cl2N2O. The lowest BCUT2D eigenvalue weighted by Crippen LogP contribution is -2.52. The molecule has 20 heavy (non-hydrogen) atoms. The first-order chi connectivity index (χ1) is 9.00. The third kappa shape index (κ3) is 4.11. The van der Waals surface area contributed by atoms with Crippen LogP contribution in [-0.2, 0) is 11.3 Å². The maximum atomic E-state index is 12.3. The highest BCUT2D eigenvalue weighted by Gasteiger charge is 2.37. The summed E-state index contributed by atoms with van der Waals surface area (Å²) in [7, 11) is 0. The van der Waals surface area contributed by atoms with Crippen LogP contribution in [0.1, 0.15) is 38.2 Å². The minimum absolute atomic E-state index is 0. The van der Waals surface area contributed by atoms with Crippen molar-refractivity contribution in [1.82, 2.24) is 5.32 Å². The fourth-order valence-corrected chi connectivity index (χ4v) is 2.94. The molecule has 1 aromatic rings. The van der Waals surface area contributed by atoms with Crippen LogP contribution in [0.3, 0.4) is 0 Å². The zero-order valence-corrected chi connectivity index (χ0v) is 13.3. The van der Waals surface area contributed by atoms with Gasteiger partial charge in [-0.2, -0.15) is 0 Å². The van der Waals surface area contributed by atoms with Crippen molar-refractivity contribution in [2.45, 2.75) is 44.7 Å². The van der Waals surface area contributed by atoms with Crippen LogP contribution in [0.25, 0.3) is 0 Å². The van der Waals surface area contributed by atoms with E-state index in [4.69, 9.17) is 17.3 Å². The van der Waals surface area contributed by atoms with Gasteiger partial charge in [-0.25, -0.2) is 0 Å². The van der Waals surface area contributed by atoms with Crippen LogP contribution in [0.4, 0.5) is 0 Å². The lowest BCUT2D eigenvalue weighted by Gasteiger charge is -2.37. The van der Waals surface area contributed by atoms with E-state index in [0.717, 1.165) is 31.2 Å². The van der Waals surface area contributed by atoms with Crippen molar-refractivity contribution in [2.24, 2.45) is 11.7 Å². The summed E-state index contributed by atoms with van der Waals surface area (Å²) in [6.45, 7) is 2.44. The Bertz CT molecular complexity index is 463. The molecule has 0 spiro atoms. The summed E-state index contributed by atoms with van der Waals surface area (Å²) < 4.78 is 0. The number of rotatable bonds is 3. The van der Waals surface area contributed by atoms with E-state index < -0.39 is 0 Å². The van der Waals surface area contributed by atoms with E-state index in [0.29, 0.717) is 11.6 Å². The fraction of sp³-hybridized carbons (Fsp3) is 0.533. The normalized spacial score (nSPS) is 25.6. The molecule has 1 aliphatic rings. The molecule has 112 valence electrons. The largest absolute Gasteiger partial charge is 0.352 e. The number of hydrogen-bond acceptors (Lipinski definition) is 2. The molecule has 2 unspecified atom stereocenters. The quantitative estimate of drug-likeness (QED) is 0.899. The maximum absolute atomic E-state index is 12.3. The van der Waals surface area contributed by atoms with Crippen molar-refractivity contribution in [3.8, 4) is 0 Å². The average molecular weight is 317 g/mol. The number of nitrogens with one attached hydrogen (secondary N) is 1. The fourth-order valence-electron chi connectivity index (χ4n) is 2.74. The predicted octanol–water partition coefficient (Wildman–Crippen LogP) is 3.29. The van der Waals surface area contributed by atoms with Gasteiger partial charge in [-0.05, 0) is 31.4 Å². The molecule has 0 heterocycles. The van der Waals surface area contributed by atoms with E-state index in [1.54, 1.807) is 0 Å². The third-order valence-electron chi connectivity index (χ3n) is 3.98. The highest BCUT2D eigenvalue weighted by Crippen LogP contribution is 2.31. The smallest absolute Gasteiger partial charge is 0.225 e. The molecule has 5 heteroatoms. The van der Waals surface area contributed by atoms with Crippen LogP contribution in [0.2, 0.25) is 5.02 Å². The number of benzene rings is 1. The van der Waals surface area contributed by atoms with Crippen molar-refractivity contribution in [2.75, 3.05) is 0 Å². The van der Waals surface area contributed by atoms with Gasteiger partial charge in [0.1, 0.15) is 0 Å². The molecule has 1 aliphatic carbocycles. The molecule has 2 rings (SSSR count). The summed E-state index contributed by atoms with van der Waals surface area (Å²) in [5.74, 6) is -0.0478. The number of halogens is 2. The number of nitrogens with two attached hydrogens (primary N) is 1. The van der Waals surface area contributed by atoms with E-state index in [1.165, 1.54) is 0 Å². The van der Waals surface area contributed by atoms with Crippen LogP contribution in [0.15, 0.2) is 24.3 Å². The standard InChI is InChI=1S/C15H21ClN2O.ClH/c1-15(17)9-5-4-7-12(15)14(19)18-10-11-6-2-3-8-13(11)16;/h2-3,6,8,12H,4-5,7,9-10,17H2,1H3,(H,18,19);1H. The second kappa shape index (κ2) is 7.30. The van der Waals surface area contributed by atoms with Crippen molar-refractivity contribution in [3.05, 3.63) is 34.9 Å². The first-order valence-electron chi connectivity index (χ1n) is 6.81. The first-order valence-corrected chi connectivity index (χ1v) is 7.18. The van der Waals surface area contributed by atoms with Gasteiger partial charge in [0, 0.05) is 17.1 Å². The van der Waals surface area contributed by atoms with Crippen LogP contribution >= 0.6 is 24.0 Å². The van der Waals surface area contributed by atoms with Gasteiger partial charge in [0.2, 0.25) is 5.91 Å². The summed E-state index contributed by atoms with van der Waals surface area (Å²) >= 11 is 6.07. The molecule has 2 atom stereocenters. The Balaban J connectivity index is 0.00000200. The van der Waals surface area contributed by atoms with E-state index in [2.05, 4.69) is 5.32 Å². The second-order valence-corrected chi connectivity index (χ2v) is 6.02. The lowest BCUT2D eigenvalue weighted by atomic mass is 9.74. The lowest BCUT2D eigenvalue weighted by molar-refractivity contribution is -0.128. The van der Waals surface area contributed by atoms with E-state index >= 15 is 0 Å². The summed E-state index contributed by atoms with van der Waals surface area (Å²) in [6, 6.07) is 7.55. The van der Waals surface area contributed by atoms with Gasteiger partial charge < -0.3 is 11.1 Å². The molecule has 0 saturated heterocycles. The van der Waals surface area contributed by atoms with Gasteiger partial charge in [0.25, 0.3) is 0 Å². The zero-order valence-electron chi connectivity index (χ0n) is 11.7. The highest BCUT2D eigenvalue weighted by atomic mass is 35.5. The SMILES string of the molecule is CC1(N)CCCCC1C(=O)NCc1ccccc1Cl.Cl. The predicted molar refractivity (Wildman–Crippen MR) is 85.1 cm³/mol. The molecule has 1 fully saturated rings. The van der Waals surface area contributed by atoms with Crippen LogP contribution in [0.5, 0.6) is 0 Å². The van der Waals surface area contributed by atoms with Gasteiger partial charge in [0.15, 0.2) is 0 Å². The molecule has 0 aliphatic heterocycles. The second-order valence-electron chi connectivity index (χ2n) is 5.61. The number of carbonyl (C=O) groups is 1. The Hall–Kier alpha value is -0.770. The van der Waals surface area contributed by atoms with Gasteiger partial charge in [-0.1, -0.05) is 42.6 Å². The molecule has 3 N–H and O–H groups in total. The minimum atomic E-state index is -0.386. The Morgan fingerprint density at radius 2 is 2.15 bits per heavy atom. The molecule has 1 aromatic carbocycles. The molecular weight excluding hydrogens is 295 g/mol. The van der Waals surface area contributed by atoms with Crippen molar-refractivity contribution >= 4 is 29.9 Å². The molecule has 1 saturated carbocycles. The average Bonchev–Trinajstić information content (AvgIpc) is 2.37. The molecule has 0 aromatic heterocycles. The summed E-state index contributed by atoms with van der Waals surface area (Å²) in [6.07, 6.45) is 3.98. The Labute approximate surface area is 131 Å². The summed E-state index contributed by atoms with van der Waals surface area (Å²) in [4.78, 5) is 12.3. The Morgan fingerprint density at radius 1 is 1.45 bits per heavy atom. The molecule has 0 bridgehead atoms. The van der Waals surface area contributed by atoms with Crippen molar-refractivity contribution in [3.63, 3.8) is 0 Å². The topological polar surface area (TPSA) is 55.1 Å². The zero-order chi connectivity index (χ0) is 13.9. The van der Waals surface area contributed by atoms with E-state index in [-0.39, 0.29) is 29.8 Å². The third-order valence-corrected chi connectivity index (χ3v) is 4.35. The number of amides is 1. The monoisotopic (exact) mass is 316 g/mol. The van der Waals surface area contributed by atoms with Crippen LogP contribution < -0.4 is 11.1 Å². The Kier molecular flexibility index (Phi) is 6.31. The molecule has 3 nitrogen and oxygen atoms in total. The maximum Gasteiger partial charge on any atom is 0.225 e. The summed E-state index contributed by atoms with van der Waals surface area (Å²) in [5.41, 5.74) is 6.79. The first kappa shape index (κ1) is 17.3. The van der Waals surface area contributed by atoms with Gasteiger partial charge in [0.05, 0.1) is 5.92 Å². The van der Waals surface area contributed by atoms with Gasteiger partial charge >= 0.3 is 0 Å². The Morgan fingerprint density at radius 3 is 2.80 bits per heavy atom. The van der Waals surface area contributed by atoms with Gasteiger partial charge in [-0.3, -0.25) is 4.79 Å². The molecule has 1 amide bonds. The van der Waals surface area contributed by atoms with E-state index in [9.17, 15) is 4.79 Å².